The summed E-state index contributed by atoms with van der Waals surface area (Å²) in [5, 5.41) is 12.4. The van der Waals surface area contributed by atoms with Gasteiger partial charge in [-0.2, -0.15) is 0 Å². The minimum atomic E-state index is 0.566. The molecular weight excluding hydrogens is 270 g/mol. The molecule has 1 rings (SSSR count). The van der Waals surface area contributed by atoms with Crippen LogP contribution in [0.1, 0.15) is 33.1 Å². The van der Waals surface area contributed by atoms with Gasteiger partial charge in [0.05, 0.1) is 0 Å². The van der Waals surface area contributed by atoms with Crippen molar-refractivity contribution in [3.63, 3.8) is 0 Å². The van der Waals surface area contributed by atoms with Crippen LogP contribution in [0.3, 0.4) is 0 Å². The van der Waals surface area contributed by atoms with Gasteiger partial charge < -0.3 is 5.32 Å². The van der Waals surface area contributed by atoms with Gasteiger partial charge in [0, 0.05) is 11.3 Å². The first-order valence-electron chi connectivity index (χ1n) is 5.96. The number of rotatable bonds is 8. The summed E-state index contributed by atoms with van der Waals surface area (Å²) in [5.74, 6) is 0. The molecule has 0 aliphatic rings. The summed E-state index contributed by atoms with van der Waals surface area (Å²) in [6, 6.07) is 0.566. The Morgan fingerprint density at radius 1 is 1.29 bits per heavy atom. The molecule has 2 atom stereocenters. The summed E-state index contributed by atoms with van der Waals surface area (Å²) in [6.45, 7) is 4.48. The molecule has 0 aliphatic carbocycles. The van der Waals surface area contributed by atoms with Crippen LogP contribution < -0.4 is 5.32 Å². The van der Waals surface area contributed by atoms with E-state index < -0.39 is 0 Å². The molecule has 0 spiro atoms. The van der Waals surface area contributed by atoms with Gasteiger partial charge in [-0.1, -0.05) is 55.1 Å². The van der Waals surface area contributed by atoms with Gasteiger partial charge in [0.1, 0.15) is 0 Å². The predicted octanol–water partition coefficient (Wildman–Crippen LogP) is 3.52. The minimum Gasteiger partial charge on any atom is -0.316 e. The van der Waals surface area contributed by atoms with Gasteiger partial charge in [-0.25, -0.2) is 0 Å². The van der Waals surface area contributed by atoms with Crippen molar-refractivity contribution in [1.29, 1.82) is 0 Å². The summed E-state index contributed by atoms with van der Waals surface area (Å²) in [5.41, 5.74) is 0. The standard InChI is InChI=1S/C11H21N3S3/c1-5-7-8(12-3)9(6-2)16-11-14-13-10(15-4)17-11/h8-9,12H,5-7H2,1-4H3. The molecule has 0 radical (unpaired) electrons. The Hall–Kier alpha value is 0.220. The fraction of sp³-hybridized carbons (Fsp3) is 0.818. The van der Waals surface area contributed by atoms with Gasteiger partial charge in [0.2, 0.25) is 0 Å². The molecule has 0 aromatic carbocycles. The van der Waals surface area contributed by atoms with Crippen LogP contribution in [-0.2, 0) is 0 Å². The zero-order valence-electron chi connectivity index (χ0n) is 10.9. The summed E-state index contributed by atoms with van der Waals surface area (Å²) in [6.07, 6.45) is 5.63. The molecule has 6 heteroatoms. The number of nitrogens with one attached hydrogen (secondary N) is 1. The summed E-state index contributed by atoms with van der Waals surface area (Å²) in [4.78, 5) is 0. The van der Waals surface area contributed by atoms with Crippen molar-refractivity contribution in [3.05, 3.63) is 0 Å². The van der Waals surface area contributed by atoms with Crippen LogP contribution in [-0.4, -0.2) is 34.8 Å². The number of thioether (sulfide) groups is 2. The second-order valence-corrected chi connectivity index (χ2v) is 7.30. The van der Waals surface area contributed by atoms with Crippen molar-refractivity contribution in [2.75, 3.05) is 13.3 Å². The van der Waals surface area contributed by atoms with E-state index in [1.54, 1.807) is 23.1 Å². The predicted molar refractivity (Wildman–Crippen MR) is 79.4 cm³/mol. The molecule has 1 aromatic rings. The number of hydrogen-bond acceptors (Lipinski definition) is 6. The van der Waals surface area contributed by atoms with E-state index in [9.17, 15) is 0 Å². The summed E-state index contributed by atoms with van der Waals surface area (Å²) >= 11 is 5.23. The van der Waals surface area contributed by atoms with E-state index >= 15 is 0 Å². The van der Waals surface area contributed by atoms with E-state index in [2.05, 4.69) is 36.4 Å². The van der Waals surface area contributed by atoms with Crippen molar-refractivity contribution >= 4 is 34.9 Å². The highest BCUT2D eigenvalue weighted by atomic mass is 32.2. The van der Waals surface area contributed by atoms with Gasteiger partial charge in [-0.3, -0.25) is 0 Å². The monoisotopic (exact) mass is 291 g/mol. The van der Waals surface area contributed by atoms with E-state index in [4.69, 9.17) is 0 Å². The van der Waals surface area contributed by atoms with E-state index in [1.165, 1.54) is 12.8 Å². The summed E-state index contributed by atoms with van der Waals surface area (Å²) in [7, 11) is 2.05. The second-order valence-electron chi connectivity index (χ2n) is 3.79. The highest BCUT2D eigenvalue weighted by molar-refractivity contribution is 8.03. The average Bonchev–Trinajstić information content (AvgIpc) is 2.81. The SMILES string of the molecule is CCCC(NC)C(CC)Sc1nnc(SC)s1. The van der Waals surface area contributed by atoms with Crippen LogP contribution in [0.25, 0.3) is 0 Å². The van der Waals surface area contributed by atoms with Crippen LogP contribution in [0.2, 0.25) is 0 Å². The number of nitrogens with zero attached hydrogens (tertiary/aromatic N) is 2. The Bertz CT molecular complexity index is 317. The largest absolute Gasteiger partial charge is 0.316 e. The Balaban J connectivity index is 2.61. The third-order valence-electron chi connectivity index (χ3n) is 2.64. The lowest BCUT2D eigenvalue weighted by Crippen LogP contribution is -2.35. The van der Waals surface area contributed by atoms with Gasteiger partial charge in [0.25, 0.3) is 0 Å². The van der Waals surface area contributed by atoms with Crippen molar-refractivity contribution in [2.24, 2.45) is 0 Å². The molecule has 0 fully saturated rings. The maximum Gasteiger partial charge on any atom is 0.175 e. The minimum absolute atomic E-state index is 0.566. The highest BCUT2D eigenvalue weighted by Crippen LogP contribution is 2.33. The zero-order chi connectivity index (χ0) is 12.7. The first kappa shape index (κ1) is 15.3. The third-order valence-corrected chi connectivity index (χ3v) is 6.12. The quantitative estimate of drug-likeness (QED) is 0.742. The van der Waals surface area contributed by atoms with Crippen molar-refractivity contribution in [3.8, 4) is 0 Å². The molecule has 1 aromatic heterocycles. The summed E-state index contributed by atoms with van der Waals surface area (Å²) < 4.78 is 2.15. The normalized spacial score (nSPS) is 14.8. The number of hydrogen-bond donors (Lipinski definition) is 1. The van der Waals surface area contributed by atoms with Gasteiger partial charge in [-0.05, 0) is 26.1 Å². The molecule has 0 amide bonds. The Kier molecular flexibility index (Phi) is 7.50. The molecule has 3 nitrogen and oxygen atoms in total. The smallest absolute Gasteiger partial charge is 0.175 e. The lowest BCUT2D eigenvalue weighted by molar-refractivity contribution is 0.490. The Labute approximate surface area is 117 Å². The van der Waals surface area contributed by atoms with Crippen LogP contribution >= 0.6 is 34.9 Å². The Morgan fingerprint density at radius 3 is 2.47 bits per heavy atom. The maximum absolute atomic E-state index is 4.23. The molecule has 0 aliphatic heterocycles. The van der Waals surface area contributed by atoms with Gasteiger partial charge in [0.15, 0.2) is 8.68 Å². The van der Waals surface area contributed by atoms with Crippen LogP contribution in [0, 0.1) is 0 Å². The van der Waals surface area contributed by atoms with Crippen molar-refractivity contribution in [2.45, 2.75) is 53.1 Å². The van der Waals surface area contributed by atoms with Crippen molar-refractivity contribution < 1.29 is 0 Å². The molecule has 1 N–H and O–H groups in total. The molecule has 0 saturated carbocycles. The van der Waals surface area contributed by atoms with E-state index in [1.807, 2.05) is 18.0 Å². The van der Waals surface area contributed by atoms with Gasteiger partial charge >= 0.3 is 0 Å². The van der Waals surface area contributed by atoms with Crippen molar-refractivity contribution in [1.82, 2.24) is 15.5 Å². The third kappa shape index (κ3) is 4.77. The molecular formula is C11H21N3S3. The second kappa shape index (κ2) is 8.34. The van der Waals surface area contributed by atoms with E-state index in [-0.39, 0.29) is 0 Å². The Morgan fingerprint density at radius 2 is 2.00 bits per heavy atom. The molecule has 0 saturated heterocycles. The van der Waals surface area contributed by atoms with Crippen LogP contribution in [0.4, 0.5) is 0 Å². The average molecular weight is 292 g/mol. The number of aromatic nitrogens is 2. The van der Waals surface area contributed by atoms with E-state index in [0.717, 1.165) is 15.1 Å². The topological polar surface area (TPSA) is 37.8 Å². The molecule has 98 valence electrons. The van der Waals surface area contributed by atoms with Crippen LogP contribution in [0.5, 0.6) is 0 Å². The maximum atomic E-state index is 4.23. The highest BCUT2D eigenvalue weighted by Gasteiger charge is 2.20. The molecule has 17 heavy (non-hydrogen) atoms. The van der Waals surface area contributed by atoms with Crippen LogP contribution in [0.15, 0.2) is 8.68 Å². The van der Waals surface area contributed by atoms with Gasteiger partial charge in [-0.15, -0.1) is 10.2 Å². The molecule has 2 unspecified atom stereocenters. The fourth-order valence-electron chi connectivity index (χ4n) is 1.73. The first-order chi connectivity index (χ1) is 8.24. The first-order valence-corrected chi connectivity index (χ1v) is 8.88. The lowest BCUT2D eigenvalue weighted by atomic mass is 10.1. The molecule has 1 heterocycles. The molecule has 0 bridgehead atoms. The van der Waals surface area contributed by atoms with E-state index in [0.29, 0.717) is 11.3 Å². The fourth-order valence-corrected chi connectivity index (χ4v) is 4.65. The lowest BCUT2D eigenvalue weighted by Gasteiger charge is -2.23. The zero-order valence-corrected chi connectivity index (χ0v) is 13.3.